The summed E-state index contributed by atoms with van der Waals surface area (Å²) in [5, 5.41) is 53.1. The number of hydrogen-bond acceptors (Lipinski definition) is 14. The summed E-state index contributed by atoms with van der Waals surface area (Å²) in [4.78, 5) is 4.24. The van der Waals surface area contributed by atoms with Crippen molar-refractivity contribution >= 4 is 0 Å². The molecule has 5 unspecified atom stereocenters. The van der Waals surface area contributed by atoms with Crippen molar-refractivity contribution in [2.45, 2.75) is 103 Å². The summed E-state index contributed by atoms with van der Waals surface area (Å²) in [6.07, 6.45) is 4.63. The van der Waals surface area contributed by atoms with E-state index in [4.69, 9.17) is 33.2 Å². The Kier molecular flexibility index (Phi) is 25.4. The van der Waals surface area contributed by atoms with Crippen LogP contribution in [0.4, 0.5) is 0 Å². The van der Waals surface area contributed by atoms with E-state index < -0.39 is 30.5 Å². The maximum atomic E-state index is 11.5. The van der Waals surface area contributed by atoms with Gasteiger partial charge in [0.15, 0.2) is 6.79 Å². The van der Waals surface area contributed by atoms with E-state index in [9.17, 15) is 25.5 Å². The zero-order valence-corrected chi connectivity index (χ0v) is 47.6. The van der Waals surface area contributed by atoms with Crippen LogP contribution in [-0.4, -0.2) is 138 Å². The minimum absolute atomic E-state index is 0.0554. The second-order valence-electron chi connectivity index (χ2n) is 21.0. The molecule has 0 saturated heterocycles. The Bertz CT molecular complexity index is 2780. The lowest BCUT2D eigenvalue weighted by Crippen LogP contribution is -2.41. The van der Waals surface area contributed by atoms with E-state index >= 15 is 0 Å². The van der Waals surface area contributed by atoms with Crippen molar-refractivity contribution in [3.8, 4) is 28.7 Å². The molecule has 0 aliphatic heterocycles. The lowest BCUT2D eigenvalue weighted by Gasteiger charge is -2.28. The molecule has 6 aromatic carbocycles. The highest BCUT2D eigenvalue weighted by atomic mass is 16.7. The predicted octanol–water partition coefficient (Wildman–Crippen LogP) is 9.49. The summed E-state index contributed by atoms with van der Waals surface area (Å²) >= 11 is 0. The summed E-state index contributed by atoms with van der Waals surface area (Å²) in [5.41, 5.74) is 9.11. The summed E-state index contributed by atoms with van der Waals surface area (Å²) in [5.74, 6) is 4.38. The van der Waals surface area contributed by atoms with Crippen LogP contribution in [0.5, 0.6) is 28.7 Å². The van der Waals surface area contributed by atoms with Crippen LogP contribution in [0.3, 0.4) is 0 Å². The molecule has 0 radical (unpaired) electrons. The minimum atomic E-state index is -0.865. The smallest absolute Gasteiger partial charge is 0.189 e. The molecular formula is C67H84N2O12. The normalized spacial score (nSPS) is 14.4. The van der Waals surface area contributed by atoms with Crippen molar-refractivity contribution < 1.29 is 58.7 Å². The molecule has 0 heterocycles. The van der Waals surface area contributed by atoms with E-state index in [0.717, 1.165) is 89.3 Å². The van der Waals surface area contributed by atoms with Gasteiger partial charge in [-0.15, -0.1) is 0 Å². The van der Waals surface area contributed by atoms with Crippen LogP contribution < -0.4 is 23.7 Å². The van der Waals surface area contributed by atoms with E-state index in [0.29, 0.717) is 43.5 Å². The van der Waals surface area contributed by atoms with Gasteiger partial charge in [0, 0.05) is 45.8 Å². The van der Waals surface area contributed by atoms with E-state index in [1.807, 2.05) is 133 Å². The Balaban J connectivity index is 0.911. The third kappa shape index (κ3) is 23.0. The van der Waals surface area contributed by atoms with Crippen LogP contribution in [0.1, 0.15) is 79.5 Å². The number of nitrogens with zero attached hydrogens (tertiary/aromatic N) is 2. The molecule has 0 saturated carbocycles. The van der Waals surface area contributed by atoms with Gasteiger partial charge in [-0.25, -0.2) is 0 Å². The molecule has 6 aromatic rings. The lowest BCUT2D eigenvalue weighted by molar-refractivity contribution is 0.0224. The average molecular weight is 1110 g/mol. The Morgan fingerprint density at radius 3 is 1.19 bits per heavy atom. The zero-order valence-electron chi connectivity index (χ0n) is 47.6. The molecule has 1 aliphatic carbocycles. The van der Waals surface area contributed by atoms with Crippen molar-refractivity contribution in [1.29, 1.82) is 0 Å². The van der Waals surface area contributed by atoms with Crippen molar-refractivity contribution in [2.24, 2.45) is 0 Å². The maximum absolute atomic E-state index is 11.5. The Morgan fingerprint density at radius 2 is 0.790 bits per heavy atom. The van der Waals surface area contributed by atoms with Crippen LogP contribution in [-0.2, 0) is 41.8 Å². The van der Waals surface area contributed by atoms with Gasteiger partial charge >= 0.3 is 0 Å². The highest BCUT2D eigenvalue weighted by Crippen LogP contribution is 2.25. The number of rotatable bonds is 36. The fourth-order valence-corrected chi connectivity index (χ4v) is 9.30. The second-order valence-corrected chi connectivity index (χ2v) is 21.0. The molecule has 7 rings (SSSR count). The molecule has 0 bridgehead atoms. The monoisotopic (exact) mass is 1110 g/mol. The van der Waals surface area contributed by atoms with Crippen molar-refractivity contribution in [3.05, 3.63) is 208 Å². The molecule has 81 heavy (non-hydrogen) atoms. The van der Waals surface area contributed by atoms with Crippen LogP contribution in [0.25, 0.3) is 0 Å². The summed E-state index contributed by atoms with van der Waals surface area (Å²) in [6, 6.07) is 47.9. The third-order valence-electron chi connectivity index (χ3n) is 13.6. The van der Waals surface area contributed by atoms with E-state index in [2.05, 4.69) is 48.2 Å². The molecule has 14 heteroatoms. The first-order valence-electron chi connectivity index (χ1n) is 28.4. The highest BCUT2D eigenvalue weighted by Gasteiger charge is 2.20. The van der Waals surface area contributed by atoms with Gasteiger partial charge < -0.3 is 58.7 Å². The quantitative estimate of drug-likeness (QED) is 0.0186. The number of aliphatic hydroxyl groups is 5. The molecule has 14 nitrogen and oxygen atoms in total. The average Bonchev–Trinajstić information content (AvgIpc) is 3.46. The largest absolute Gasteiger partial charge is 0.495 e. The number of likely N-dealkylation sites (N-methyl/N-ethyl adjacent to an activating group) is 1. The topological polar surface area (TPSA) is 172 Å². The van der Waals surface area contributed by atoms with Gasteiger partial charge in [0.2, 0.25) is 0 Å². The number of benzene rings is 6. The van der Waals surface area contributed by atoms with Gasteiger partial charge in [-0.05, 0) is 159 Å². The van der Waals surface area contributed by atoms with Crippen LogP contribution >= 0.6 is 0 Å². The SMILES string of the molecule is CCOCOc1ccc(Cc2ccc(OCC(O)CN(Cc3cccc(CN(CC)CC(O)COC4=CC=C(Cc5ccc(OCC(C)O)cc5)CC4)c3)CC(O)COc3ccc(Cc4ccc(OCC(C)O)cc4)cc3)cc2)cc1. The molecule has 5 N–H and O–H groups in total. The van der Waals surface area contributed by atoms with Crippen LogP contribution in [0.2, 0.25) is 0 Å². The molecular weight excluding hydrogens is 1020 g/mol. The van der Waals surface area contributed by atoms with E-state index in [1.54, 1.807) is 13.8 Å². The Labute approximate surface area is 479 Å². The molecule has 1 aliphatic rings. The first kappa shape index (κ1) is 61.9. The number of ether oxygens (including phenoxy) is 7. The zero-order chi connectivity index (χ0) is 57.2. The molecule has 0 amide bonds. The Hall–Kier alpha value is -6.72. The van der Waals surface area contributed by atoms with Crippen molar-refractivity contribution in [2.75, 3.05) is 72.6 Å². The number of hydrogen-bond donors (Lipinski definition) is 5. The molecule has 0 aromatic heterocycles. The standard InChI is InChI=1S/C67H84N2O12/c1-5-68(40-59(72)45-78-64-26-14-53(15-27-64)34-51-10-22-62(23-11-51)76-43-49(3)70)38-57-8-7-9-58(37-57)39-69(41-60(73)46-79-65-28-16-54(17-29-65)35-52-12-24-63(25-13-52)77-44-50(4)71)42-61(74)47-80-66-30-18-55(19-31-66)36-56-20-32-67(33-21-56)81-48-75-6-2/h7-14,16-26,28-33,37,49-50,59-61,70-74H,5-6,15,27,34-36,38-48H2,1-4H3. The van der Waals surface area contributed by atoms with Gasteiger partial charge in [-0.1, -0.05) is 104 Å². The van der Waals surface area contributed by atoms with Gasteiger partial charge in [0.05, 0.1) is 18.0 Å². The molecule has 0 spiro atoms. The highest BCUT2D eigenvalue weighted by molar-refractivity contribution is 5.37. The molecule has 434 valence electrons. The van der Waals surface area contributed by atoms with Gasteiger partial charge in [0.25, 0.3) is 0 Å². The summed E-state index contributed by atoms with van der Waals surface area (Å²) in [6.45, 7) is 11.8. The van der Waals surface area contributed by atoms with Crippen molar-refractivity contribution in [3.63, 3.8) is 0 Å². The van der Waals surface area contributed by atoms with Crippen LogP contribution in [0.15, 0.2) is 169 Å². The van der Waals surface area contributed by atoms with E-state index in [1.165, 1.54) is 11.1 Å². The molecule has 5 atom stereocenters. The Morgan fingerprint density at radius 1 is 0.407 bits per heavy atom. The van der Waals surface area contributed by atoms with Gasteiger partial charge in [-0.2, -0.15) is 0 Å². The minimum Gasteiger partial charge on any atom is -0.495 e. The number of allylic oxidation sites excluding steroid dienone is 4. The summed E-state index contributed by atoms with van der Waals surface area (Å²) in [7, 11) is 0. The maximum Gasteiger partial charge on any atom is 0.189 e. The van der Waals surface area contributed by atoms with Crippen molar-refractivity contribution in [1.82, 2.24) is 9.80 Å². The third-order valence-corrected chi connectivity index (χ3v) is 13.6. The fraction of sp³-hybridized carbons (Fsp3) is 0.403. The fourth-order valence-electron chi connectivity index (χ4n) is 9.30. The first-order valence-corrected chi connectivity index (χ1v) is 28.4. The lowest BCUT2D eigenvalue weighted by atomic mass is 9.97. The molecule has 0 fully saturated rings. The van der Waals surface area contributed by atoms with E-state index in [-0.39, 0.29) is 52.9 Å². The number of aliphatic hydroxyl groups excluding tert-OH is 5. The summed E-state index contributed by atoms with van der Waals surface area (Å²) < 4.78 is 40.4. The van der Waals surface area contributed by atoms with Gasteiger partial charge in [-0.3, -0.25) is 9.80 Å². The van der Waals surface area contributed by atoms with Gasteiger partial charge in [0.1, 0.15) is 80.1 Å². The first-order chi connectivity index (χ1) is 39.3. The predicted molar refractivity (Wildman–Crippen MR) is 316 cm³/mol. The van der Waals surface area contributed by atoms with Crippen LogP contribution in [0, 0.1) is 0 Å². The second kappa shape index (κ2) is 33.3.